The number of nitrogens with two attached hydrogens (primary N) is 1. The minimum absolute atomic E-state index is 0.486. The molecule has 8 nitrogen and oxygen atoms in total. The highest BCUT2D eigenvalue weighted by Crippen LogP contribution is 2.15. The van der Waals surface area contributed by atoms with Gasteiger partial charge in [-0.15, -0.1) is 4.52 Å². The second-order valence-electron chi connectivity index (χ2n) is 3.58. The lowest BCUT2D eigenvalue weighted by Gasteiger charge is -1.87. The van der Waals surface area contributed by atoms with Gasteiger partial charge in [0.1, 0.15) is 0 Å². The molecule has 0 bridgehead atoms. The molecule has 0 aromatic carbocycles. The molecule has 0 radical (unpaired) electrons. The fraction of sp³-hybridized carbons (Fsp3) is 0. The van der Waals surface area contributed by atoms with Crippen molar-refractivity contribution in [2.75, 3.05) is 5.73 Å². The van der Waals surface area contributed by atoms with Gasteiger partial charge in [-0.05, 0) is 9.61 Å². The Hall–Kier alpha value is -2.77. The number of aromatic amines is 1. The lowest BCUT2D eigenvalue weighted by atomic mass is 10.5. The number of fused-ring (bicyclic) bond motifs is 5. The molecule has 0 amide bonds. The molecule has 0 aliphatic rings. The predicted molar refractivity (Wildman–Crippen MR) is 58.0 cm³/mol. The molecule has 4 aromatic heterocycles. The fourth-order valence-electron chi connectivity index (χ4n) is 1.95. The van der Waals surface area contributed by atoms with E-state index in [9.17, 15) is 0 Å². The number of aromatic nitrogens is 7. The van der Waals surface area contributed by atoms with Crippen molar-refractivity contribution in [2.24, 2.45) is 0 Å². The summed E-state index contributed by atoms with van der Waals surface area (Å²) in [4.78, 5) is 16.9. The van der Waals surface area contributed by atoms with Crippen LogP contribution in [0, 0.1) is 0 Å². The van der Waals surface area contributed by atoms with Gasteiger partial charge in [0.05, 0.1) is 6.20 Å². The molecule has 4 rings (SSSR count). The van der Waals surface area contributed by atoms with E-state index in [1.807, 2.05) is 0 Å². The highest BCUT2D eigenvalue weighted by molar-refractivity contribution is 5.81. The minimum atomic E-state index is 0.486. The first-order valence-electron chi connectivity index (χ1n) is 4.98. The Morgan fingerprint density at radius 3 is 2.76 bits per heavy atom. The molecule has 4 aromatic rings. The molecule has 8 heteroatoms. The number of anilines is 1. The van der Waals surface area contributed by atoms with E-state index in [0.717, 1.165) is 0 Å². The Morgan fingerprint density at radius 1 is 1.06 bits per heavy atom. The zero-order valence-electron chi connectivity index (χ0n) is 8.57. The number of nitrogens with one attached hydrogen (secondary N) is 1. The van der Waals surface area contributed by atoms with Crippen molar-refractivity contribution in [3.63, 3.8) is 0 Å². The Balaban J connectivity index is 2.40. The third-order valence-corrected chi connectivity index (χ3v) is 2.64. The van der Waals surface area contributed by atoms with Crippen LogP contribution in [0.1, 0.15) is 0 Å². The molecular formula is C9H7N8+. The monoisotopic (exact) mass is 227 g/mol. The van der Waals surface area contributed by atoms with E-state index in [0.29, 0.717) is 28.3 Å². The number of hydrogen-bond donors (Lipinski definition) is 2. The van der Waals surface area contributed by atoms with Gasteiger partial charge in [0.2, 0.25) is 16.8 Å². The van der Waals surface area contributed by atoms with Gasteiger partial charge in [0.15, 0.2) is 12.0 Å². The van der Waals surface area contributed by atoms with E-state index in [2.05, 4.69) is 25.0 Å². The summed E-state index contributed by atoms with van der Waals surface area (Å²) >= 11 is 0. The Morgan fingerprint density at radius 2 is 1.82 bits per heavy atom. The van der Waals surface area contributed by atoms with Crippen LogP contribution in [-0.4, -0.2) is 29.5 Å². The van der Waals surface area contributed by atoms with Gasteiger partial charge in [-0.25, -0.2) is 15.0 Å². The maximum Gasteiger partial charge on any atom is 0.396 e. The van der Waals surface area contributed by atoms with Crippen molar-refractivity contribution in [1.82, 2.24) is 29.5 Å². The molecule has 0 saturated heterocycles. The van der Waals surface area contributed by atoms with E-state index < -0.39 is 0 Å². The Labute approximate surface area is 93.7 Å². The summed E-state index contributed by atoms with van der Waals surface area (Å²) in [6, 6.07) is 0. The van der Waals surface area contributed by atoms with Crippen molar-refractivity contribution >= 4 is 28.3 Å². The van der Waals surface area contributed by atoms with Gasteiger partial charge >= 0.3 is 5.65 Å². The van der Waals surface area contributed by atoms with Crippen molar-refractivity contribution < 1.29 is 4.63 Å². The van der Waals surface area contributed by atoms with E-state index in [1.165, 1.54) is 0 Å². The van der Waals surface area contributed by atoms with Crippen LogP contribution < -0.4 is 10.4 Å². The lowest BCUT2D eigenvalue weighted by molar-refractivity contribution is -0.645. The Bertz CT molecular complexity index is 851. The molecule has 0 aliphatic carbocycles. The first-order valence-corrected chi connectivity index (χ1v) is 4.98. The molecule has 82 valence electrons. The van der Waals surface area contributed by atoms with Crippen LogP contribution in [0.3, 0.4) is 0 Å². The van der Waals surface area contributed by atoms with Gasteiger partial charge in [0.25, 0.3) is 0 Å². The number of hydrogen-bond acceptors (Lipinski definition) is 5. The summed E-state index contributed by atoms with van der Waals surface area (Å²) in [6.07, 6.45) is 6.44. The summed E-state index contributed by atoms with van der Waals surface area (Å²) < 4.78 is 3.38. The quantitative estimate of drug-likeness (QED) is 0.387. The molecule has 17 heavy (non-hydrogen) atoms. The van der Waals surface area contributed by atoms with Crippen molar-refractivity contribution in [3.05, 3.63) is 24.8 Å². The fourth-order valence-corrected chi connectivity index (χ4v) is 1.95. The summed E-state index contributed by atoms with van der Waals surface area (Å²) in [5.74, 6) is 0.486. The Kier molecular flexibility index (Phi) is 1.32. The van der Waals surface area contributed by atoms with Gasteiger partial charge in [0, 0.05) is 12.4 Å². The van der Waals surface area contributed by atoms with Gasteiger partial charge in [-0.2, -0.15) is 5.10 Å². The highest BCUT2D eigenvalue weighted by Gasteiger charge is 2.23. The number of nitrogen functional groups attached to an aromatic ring is 1. The third-order valence-electron chi connectivity index (χ3n) is 2.64. The molecule has 0 fully saturated rings. The van der Waals surface area contributed by atoms with Crippen LogP contribution >= 0.6 is 0 Å². The molecule has 0 spiro atoms. The third kappa shape index (κ3) is 0.893. The first kappa shape index (κ1) is 8.39. The summed E-state index contributed by atoms with van der Waals surface area (Å²) in [5.41, 5.74) is 8.60. The SMILES string of the molecule is Nc1c2nccnc2[n+]2[nH]c3nccnc3n12. The van der Waals surface area contributed by atoms with Crippen molar-refractivity contribution in [2.45, 2.75) is 0 Å². The summed E-state index contributed by atoms with van der Waals surface area (Å²) in [5, 5.41) is 3.07. The van der Waals surface area contributed by atoms with Crippen molar-refractivity contribution in [1.29, 1.82) is 0 Å². The average Bonchev–Trinajstić information content (AvgIpc) is 2.88. The number of nitrogens with zero attached hydrogens (tertiary/aromatic N) is 6. The number of H-pyrrole nitrogens is 1. The van der Waals surface area contributed by atoms with E-state index in [-0.39, 0.29) is 0 Å². The van der Waals surface area contributed by atoms with E-state index >= 15 is 0 Å². The second kappa shape index (κ2) is 2.67. The molecule has 4 heterocycles. The first-order chi connectivity index (χ1) is 8.36. The van der Waals surface area contributed by atoms with Crippen molar-refractivity contribution in [3.8, 4) is 0 Å². The topological polar surface area (TPSA) is 102 Å². The molecular weight excluding hydrogens is 220 g/mol. The van der Waals surface area contributed by atoms with E-state index in [4.69, 9.17) is 5.73 Å². The summed E-state index contributed by atoms with van der Waals surface area (Å²) in [6.45, 7) is 0. The van der Waals surface area contributed by atoms with Gasteiger partial charge in [-0.3, -0.25) is 0 Å². The summed E-state index contributed by atoms with van der Waals surface area (Å²) in [7, 11) is 0. The second-order valence-corrected chi connectivity index (χ2v) is 3.58. The average molecular weight is 227 g/mol. The normalized spacial score (nSPS) is 11.8. The van der Waals surface area contributed by atoms with Gasteiger partial charge in [-0.1, -0.05) is 0 Å². The highest BCUT2D eigenvalue weighted by atomic mass is 15.5. The van der Waals surface area contributed by atoms with Crippen LogP contribution in [0.25, 0.3) is 22.5 Å². The molecule has 0 saturated carbocycles. The maximum atomic E-state index is 6.04. The largest absolute Gasteiger partial charge is 0.396 e. The van der Waals surface area contributed by atoms with Crippen LogP contribution in [0.5, 0.6) is 0 Å². The van der Waals surface area contributed by atoms with Crippen LogP contribution in [0.2, 0.25) is 0 Å². The number of rotatable bonds is 0. The zero-order valence-corrected chi connectivity index (χ0v) is 8.57. The van der Waals surface area contributed by atoms with Crippen LogP contribution in [0.15, 0.2) is 24.8 Å². The maximum absolute atomic E-state index is 6.04. The van der Waals surface area contributed by atoms with Gasteiger partial charge < -0.3 is 5.73 Å². The van der Waals surface area contributed by atoms with E-state index in [1.54, 1.807) is 33.9 Å². The molecule has 0 aliphatic heterocycles. The van der Waals surface area contributed by atoms with Crippen LogP contribution in [0.4, 0.5) is 5.82 Å². The molecule has 3 N–H and O–H groups in total. The van der Waals surface area contributed by atoms with Crippen LogP contribution in [-0.2, 0) is 0 Å². The molecule has 0 atom stereocenters. The lowest BCUT2D eigenvalue weighted by Crippen LogP contribution is -2.29. The smallest absolute Gasteiger partial charge is 0.380 e. The molecule has 0 unspecified atom stereocenters. The minimum Gasteiger partial charge on any atom is -0.380 e. The predicted octanol–water partition coefficient (Wildman–Crippen LogP) is -0.679. The zero-order chi connectivity index (χ0) is 11.4. The standard InChI is InChI=1S/C9H6N8/c10-6-5-8(13-3-1-11-5)17-15-7-9(16(6)17)14-4-2-12-7/h1-4,10H,(H,12,15)/p+1.